The average Bonchev–Trinajstić information content (AvgIpc) is 1.33. The van der Waals surface area contributed by atoms with Crippen molar-refractivity contribution >= 4 is 15.2 Å². The van der Waals surface area contributed by atoms with E-state index >= 15 is 0 Å². The molecule has 0 aromatic rings. The zero-order valence-corrected chi connectivity index (χ0v) is 5.59. The lowest BCUT2D eigenvalue weighted by Crippen LogP contribution is -2.16. The first kappa shape index (κ1) is 9.97. The van der Waals surface area contributed by atoms with Crippen LogP contribution < -0.4 is 5.11 Å². The molecule has 44 valence electrons. The van der Waals surface area contributed by atoms with Crippen LogP contribution in [0.1, 0.15) is 6.92 Å². The molecule has 7 heavy (non-hydrogen) atoms. The SMILES string of the molecule is CC(=O)[O-].OC[PH3+]. The Morgan fingerprint density at radius 2 is 2.00 bits per heavy atom. The molecule has 0 aliphatic carbocycles. The number of aliphatic carboxylic acids is 1. The average molecular weight is 124 g/mol. The molecule has 0 aliphatic heterocycles. The minimum absolute atomic E-state index is 0.278. The van der Waals surface area contributed by atoms with Gasteiger partial charge in [0.05, 0.1) is 0 Å². The van der Waals surface area contributed by atoms with Crippen LogP contribution in [0.2, 0.25) is 0 Å². The molecule has 0 aromatic heterocycles. The highest BCUT2D eigenvalue weighted by atomic mass is 31.0. The van der Waals surface area contributed by atoms with Crippen LogP contribution in [-0.4, -0.2) is 17.4 Å². The second-order valence-electron chi connectivity index (χ2n) is 0.715. The maximum Gasteiger partial charge on any atom is 0.147 e. The summed E-state index contributed by atoms with van der Waals surface area (Å²) in [6, 6.07) is 0. The van der Waals surface area contributed by atoms with E-state index < -0.39 is 5.97 Å². The molecular formula is C3H9O3P. The summed E-state index contributed by atoms with van der Waals surface area (Å²) in [4.78, 5) is 8.89. The highest BCUT2D eigenvalue weighted by Crippen LogP contribution is 1.63. The normalized spacial score (nSPS) is 6.57. The molecule has 0 bridgehead atoms. The highest BCUT2D eigenvalue weighted by Gasteiger charge is 1.46. The first-order valence-corrected chi connectivity index (χ1v) is 2.72. The van der Waals surface area contributed by atoms with E-state index in [1.165, 1.54) is 9.24 Å². The van der Waals surface area contributed by atoms with Gasteiger partial charge in [0.25, 0.3) is 0 Å². The molecule has 0 fully saturated rings. The maximum atomic E-state index is 8.89. The standard InChI is InChI=1S/C2H4O2.CH5OP/c1-2(3)4;2-1-3/h1H3,(H,3,4);2H,1,3H2. The summed E-state index contributed by atoms with van der Waals surface area (Å²) >= 11 is 0. The van der Waals surface area contributed by atoms with E-state index in [4.69, 9.17) is 15.0 Å². The number of carboxylic acids is 1. The molecule has 4 heteroatoms. The van der Waals surface area contributed by atoms with Crippen molar-refractivity contribution in [2.75, 3.05) is 6.35 Å². The van der Waals surface area contributed by atoms with E-state index in [1.807, 2.05) is 0 Å². The number of aliphatic hydroxyl groups excluding tert-OH is 1. The van der Waals surface area contributed by atoms with Crippen molar-refractivity contribution in [1.29, 1.82) is 0 Å². The van der Waals surface area contributed by atoms with Gasteiger partial charge >= 0.3 is 0 Å². The Hall–Kier alpha value is -0.140. The fourth-order valence-corrected chi connectivity index (χ4v) is 0. The molecule has 1 atom stereocenters. The summed E-state index contributed by atoms with van der Waals surface area (Å²) < 4.78 is 0. The van der Waals surface area contributed by atoms with Crippen molar-refractivity contribution in [3.63, 3.8) is 0 Å². The third-order valence-corrected chi connectivity index (χ3v) is 0. The summed E-state index contributed by atoms with van der Waals surface area (Å²) in [5, 5.41) is 16.5. The minimum atomic E-state index is -1.08. The first-order chi connectivity index (χ1) is 3.15. The maximum absolute atomic E-state index is 8.89. The molecule has 0 amide bonds. The van der Waals surface area contributed by atoms with Gasteiger partial charge in [0.2, 0.25) is 0 Å². The smallest absolute Gasteiger partial charge is 0.147 e. The summed E-state index contributed by atoms with van der Waals surface area (Å²) in [6.45, 7) is 0.972. The second-order valence-corrected chi connectivity index (χ2v) is 1.16. The molecular weight excluding hydrogens is 115 g/mol. The molecule has 0 spiro atoms. The minimum Gasteiger partial charge on any atom is -0.550 e. The lowest BCUT2D eigenvalue weighted by Gasteiger charge is -1.77. The van der Waals surface area contributed by atoms with Crippen LogP contribution in [0.15, 0.2) is 0 Å². The van der Waals surface area contributed by atoms with Crippen LogP contribution >= 0.6 is 9.24 Å². The number of aliphatic hydroxyl groups is 1. The van der Waals surface area contributed by atoms with Gasteiger partial charge in [0, 0.05) is 15.2 Å². The van der Waals surface area contributed by atoms with Crippen molar-refractivity contribution < 1.29 is 15.0 Å². The first-order valence-electron chi connectivity index (χ1n) is 1.72. The van der Waals surface area contributed by atoms with Crippen LogP contribution in [0, 0.1) is 0 Å². The summed E-state index contributed by atoms with van der Waals surface area (Å²) in [6.07, 6.45) is 0.278. The third kappa shape index (κ3) is 4450. The molecule has 0 saturated carbocycles. The zero-order chi connectivity index (χ0) is 6.28. The number of carboxylic acid groups (broad SMARTS) is 1. The Morgan fingerprint density at radius 3 is 2.00 bits per heavy atom. The molecule has 1 N–H and O–H groups in total. The fourth-order valence-electron chi connectivity index (χ4n) is 0. The van der Waals surface area contributed by atoms with E-state index in [0.717, 1.165) is 6.92 Å². The van der Waals surface area contributed by atoms with E-state index in [-0.39, 0.29) is 6.35 Å². The van der Waals surface area contributed by atoms with Crippen molar-refractivity contribution in [2.45, 2.75) is 6.92 Å². The molecule has 0 aliphatic rings. The van der Waals surface area contributed by atoms with Crippen molar-refractivity contribution in [2.24, 2.45) is 0 Å². The van der Waals surface area contributed by atoms with Gasteiger partial charge in [-0.15, -0.1) is 0 Å². The van der Waals surface area contributed by atoms with Gasteiger partial charge < -0.3 is 15.0 Å². The van der Waals surface area contributed by atoms with Crippen molar-refractivity contribution in [3.05, 3.63) is 0 Å². The van der Waals surface area contributed by atoms with E-state index in [9.17, 15) is 0 Å². The quantitative estimate of drug-likeness (QED) is 0.391. The van der Waals surface area contributed by atoms with Crippen LogP contribution in [0.25, 0.3) is 0 Å². The predicted molar refractivity (Wildman–Crippen MR) is 28.9 cm³/mol. The van der Waals surface area contributed by atoms with E-state index in [2.05, 4.69) is 0 Å². The molecule has 0 saturated heterocycles. The number of hydrogen-bond acceptors (Lipinski definition) is 3. The second kappa shape index (κ2) is 9.29. The summed E-state index contributed by atoms with van der Waals surface area (Å²) in [5.41, 5.74) is 0. The Balaban J connectivity index is 0. The van der Waals surface area contributed by atoms with E-state index in [0.29, 0.717) is 0 Å². The van der Waals surface area contributed by atoms with Gasteiger partial charge in [-0.1, -0.05) is 0 Å². The number of rotatable bonds is 0. The number of hydrogen-bond donors (Lipinski definition) is 1. The number of carbonyl (C=O) groups is 1. The zero-order valence-electron chi connectivity index (χ0n) is 4.18. The molecule has 3 nitrogen and oxygen atoms in total. The van der Waals surface area contributed by atoms with Gasteiger partial charge in [0.15, 0.2) is 0 Å². The number of carbonyl (C=O) groups excluding carboxylic acids is 1. The molecule has 0 radical (unpaired) electrons. The van der Waals surface area contributed by atoms with Crippen molar-refractivity contribution in [1.82, 2.24) is 0 Å². The topological polar surface area (TPSA) is 60.4 Å². The van der Waals surface area contributed by atoms with Gasteiger partial charge in [-0.3, -0.25) is 0 Å². The third-order valence-electron chi connectivity index (χ3n) is 0. The van der Waals surface area contributed by atoms with Crippen LogP contribution in [0.5, 0.6) is 0 Å². The largest absolute Gasteiger partial charge is 0.550 e. The molecule has 0 aromatic carbocycles. The Kier molecular flexibility index (Phi) is 13.2. The Bertz CT molecular complexity index is 41.4. The Morgan fingerprint density at radius 1 is 2.00 bits per heavy atom. The van der Waals surface area contributed by atoms with Gasteiger partial charge in [-0.25, -0.2) is 0 Å². The molecule has 0 heterocycles. The van der Waals surface area contributed by atoms with Gasteiger partial charge in [0.1, 0.15) is 6.35 Å². The lowest BCUT2D eigenvalue weighted by atomic mass is 10.9. The Labute approximate surface area is 44.6 Å². The van der Waals surface area contributed by atoms with Crippen LogP contribution in [0.4, 0.5) is 0 Å². The monoisotopic (exact) mass is 124 g/mol. The van der Waals surface area contributed by atoms with E-state index in [1.54, 1.807) is 0 Å². The fraction of sp³-hybridized carbons (Fsp3) is 0.667. The van der Waals surface area contributed by atoms with Crippen LogP contribution in [0.3, 0.4) is 0 Å². The summed E-state index contributed by atoms with van der Waals surface area (Å²) in [7, 11) is 1.53. The van der Waals surface area contributed by atoms with Gasteiger partial charge in [-0.05, 0) is 6.92 Å². The van der Waals surface area contributed by atoms with Crippen LogP contribution in [-0.2, 0) is 4.79 Å². The van der Waals surface area contributed by atoms with Gasteiger partial charge in [-0.2, -0.15) is 0 Å². The summed E-state index contributed by atoms with van der Waals surface area (Å²) in [5.74, 6) is -1.08. The molecule has 0 rings (SSSR count). The lowest BCUT2D eigenvalue weighted by molar-refractivity contribution is -0.302. The molecule has 1 unspecified atom stereocenters. The highest BCUT2D eigenvalue weighted by molar-refractivity contribution is 7.16. The van der Waals surface area contributed by atoms with Crippen molar-refractivity contribution in [3.8, 4) is 0 Å². The predicted octanol–water partition coefficient (Wildman–Crippen LogP) is -1.70.